The quantitative estimate of drug-likeness (QED) is 0.802. The molecule has 1 aromatic carbocycles. The predicted molar refractivity (Wildman–Crippen MR) is 83.1 cm³/mol. The zero-order valence-corrected chi connectivity index (χ0v) is 12.4. The van der Waals surface area contributed by atoms with Crippen LogP contribution in [0, 0.1) is 11.8 Å². The molecule has 0 amide bonds. The topological polar surface area (TPSA) is 32.9 Å². The van der Waals surface area contributed by atoms with Crippen LogP contribution in [0.5, 0.6) is 0 Å². The van der Waals surface area contributed by atoms with Crippen LogP contribution in [0.1, 0.15) is 55.5 Å². The molecule has 1 fully saturated rings. The van der Waals surface area contributed by atoms with Gasteiger partial charge >= 0.3 is 0 Å². The van der Waals surface area contributed by atoms with Crippen LogP contribution in [0.2, 0.25) is 0 Å². The highest BCUT2D eigenvalue weighted by atomic mass is 16.1. The van der Waals surface area contributed by atoms with E-state index in [1.165, 1.54) is 18.4 Å². The largest absolute Gasteiger partial charge is 0.360 e. The van der Waals surface area contributed by atoms with Gasteiger partial charge in [0.2, 0.25) is 0 Å². The van der Waals surface area contributed by atoms with E-state index in [0.29, 0.717) is 5.78 Å². The minimum Gasteiger partial charge on any atom is -0.360 e. The van der Waals surface area contributed by atoms with Crippen LogP contribution >= 0.6 is 0 Å². The van der Waals surface area contributed by atoms with Gasteiger partial charge in [0.1, 0.15) is 0 Å². The molecule has 20 heavy (non-hydrogen) atoms. The smallest absolute Gasteiger partial charge is 0.168 e. The van der Waals surface area contributed by atoms with Gasteiger partial charge in [0, 0.05) is 28.6 Å². The van der Waals surface area contributed by atoms with Gasteiger partial charge in [-0.25, -0.2) is 0 Å². The lowest BCUT2D eigenvalue weighted by atomic mass is 9.79. The van der Waals surface area contributed by atoms with Crippen molar-refractivity contribution in [2.45, 2.75) is 46.0 Å². The van der Waals surface area contributed by atoms with Crippen LogP contribution in [0.4, 0.5) is 0 Å². The lowest BCUT2D eigenvalue weighted by Crippen LogP contribution is -2.20. The SMILES string of the molecule is CCc1cccc2c(C(=O)C3CCC(C)CC3)c[nH]c12. The number of H-pyrrole nitrogens is 1. The van der Waals surface area contributed by atoms with E-state index in [-0.39, 0.29) is 5.92 Å². The molecule has 0 saturated heterocycles. The summed E-state index contributed by atoms with van der Waals surface area (Å²) in [5.74, 6) is 1.36. The zero-order chi connectivity index (χ0) is 14.1. The molecule has 1 aromatic heterocycles. The van der Waals surface area contributed by atoms with Gasteiger partial charge in [-0.15, -0.1) is 0 Å². The fourth-order valence-electron chi connectivity index (χ4n) is 3.46. The van der Waals surface area contributed by atoms with Gasteiger partial charge in [0.05, 0.1) is 0 Å². The summed E-state index contributed by atoms with van der Waals surface area (Å²) < 4.78 is 0. The summed E-state index contributed by atoms with van der Waals surface area (Å²) in [5.41, 5.74) is 3.33. The van der Waals surface area contributed by atoms with Crippen LogP contribution in [-0.2, 0) is 6.42 Å². The predicted octanol–water partition coefficient (Wildman–Crippen LogP) is 4.74. The van der Waals surface area contributed by atoms with E-state index in [1.807, 2.05) is 6.20 Å². The first-order chi connectivity index (χ1) is 9.70. The van der Waals surface area contributed by atoms with Gasteiger partial charge in [-0.05, 0) is 30.7 Å². The summed E-state index contributed by atoms with van der Waals surface area (Å²) in [6, 6.07) is 6.27. The van der Waals surface area contributed by atoms with E-state index in [9.17, 15) is 4.79 Å². The molecular weight excluding hydrogens is 246 g/mol. The third kappa shape index (κ3) is 2.28. The Labute approximate surface area is 120 Å². The highest BCUT2D eigenvalue weighted by Crippen LogP contribution is 2.32. The minimum absolute atomic E-state index is 0.232. The number of aromatic amines is 1. The summed E-state index contributed by atoms with van der Waals surface area (Å²) >= 11 is 0. The van der Waals surface area contributed by atoms with Crippen molar-refractivity contribution in [3.63, 3.8) is 0 Å². The van der Waals surface area contributed by atoms with Crippen LogP contribution in [0.15, 0.2) is 24.4 Å². The Hall–Kier alpha value is -1.57. The van der Waals surface area contributed by atoms with Crippen molar-refractivity contribution in [2.24, 2.45) is 11.8 Å². The molecule has 1 aliphatic carbocycles. The molecule has 1 N–H and O–H groups in total. The first kappa shape index (κ1) is 13.4. The molecule has 1 heterocycles. The van der Waals surface area contributed by atoms with E-state index in [0.717, 1.165) is 41.6 Å². The number of hydrogen-bond donors (Lipinski definition) is 1. The molecule has 0 radical (unpaired) electrons. The fourth-order valence-corrected chi connectivity index (χ4v) is 3.46. The Balaban J connectivity index is 1.92. The van der Waals surface area contributed by atoms with E-state index in [4.69, 9.17) is 0 Å². The number of carbonyl (C=O) groups excluding carboxylic acids is 1. The number of hydrogen-bond acceptors (Lipinski definition) is 1. The molecule has 106 valence electrons. The minimum atomic E-state index is 0.232. The number of ketones is 1. The first-order valence-electron chi connectivity index (χ1n) is 7.84. The highest BCUT2D eigenvalue weighted by Gasteiger charge is 2.26. The van der Waals surface area contributed by atoms with E-state index in [2.05, 4.69) is 37.0 Å². The maximum absolute atomic E-state index is 12.8. The molecule has 0 aliphatic heterocycles. The van der Waals surface area contributed by atoms with Crippen molar-refractivity contribution < 1.29 is 4.79 Å². The molecule has 0 unspecified atom stereocenters. The molecule has 2 heteroatoms. The Morgan fingerprint density at radius 1 is 1.25 bits per heavy atom. The summed E-state index contributed by atoms with van der Waals surface area (Å²) in [6.07, 6.45) is 7.41. The summed E-state index contributed by atoms with van der Waals surface area (Å²) in [6.45, 7) is 4.44. The van der Waals surface area contributed by atoms with Crippen molar-refractivity contribution in [1.29, 1.82) is 0 Å². The third-order valence-electron chi connectivity index (χ3n) is 4.83. The third-order valence-corrected chi connectivity index (χ3v) is 4.83. The number of fused-ring (bicyclic) bond motifs is 1. The molecule has 2 nitrogen and oxygen atoms in total. The Kier molecular flexibility index (Phi) is 3.64. The Morgan fingerprint density at radius 3 is 2.70 bits per heavy atom. The van der Waals surface area contributed by atoms with Crippen molar-refractivity contribution >= 4 is 16.7 Å². The maximum atomic E-state index is 12.8. The average Bonchev–Trinajstić information content (AvgIpc) is 2.91. The summed E-state index contributed by atoms with van der Waals surface area (Å²) in [7, 11) is 0. The molecule has 1 saturated carbocycles. The van der Waals surface area contributed by atoms with Crippen LogP contribution in [0.3, 0.4) is 0 Å². The molecular formula is C18H23NO. The maximum Gasteiger partial charge on any atom is 0.168 e. The van der Waals surface area contributed by atoms with Gasteiger partial charge in [0.25, 0.3) is 0 Å². The first-order valence-corrected chi connectivity index (χ1v) is 7.84. The lowest BCUT2D eigenvalue weighted by molar-refractivity contribution is 0.0877. The molecule has 2 aromatic rings. The average molecular weight is 269 g/mol. The number of aromatic nitrogens is 1. The van der Waals surface area contributed by atoms with E-state index < -0.39 is 0 Å². The van der Waals surface area contributed by atoms with Crippen molar-refractivity contribution in [2.75, 3.05) is 0 Å². The zero-order valence-electron chi connectivity index (χ0n) is 12.4. The van der Waals surface area contributed by atoms with E-state index in [1.54, 1.807) is 0 Å². The number of carbonyl (C=O) groups is 1. The van der Waals surface area contributed by atoms with Crippen molar-refractivity contribution in [3.05, 3.63) is 35.5 Å². The second-order valence-corrected chi connectivity index (χ2v) is 6.22. The van der Waals surface area contributed by atoms with Gasteiger partial charge in [-0.2, -0.15) is 0 Å². The normalized spacial score (nSPS) is 23.1. The highest BCUT2D eigenvalue weighted by molar-refractivity contribution is 6.09. The van der Waals surface area contributed by atoms with Crippen molar-refractivity contribution in [1.82, 2.24) is 4.98 Å². The fraction of sp³-hybridized carbons (Fsp3) is 0.500. The summed E-state index contributed by atoms with van der Waals surface area (Å²) in [5, 5.41) is 1.10. The van der Waals surface area contributed by atoms with Crippen LogP contribution in [0.25, 0.3) is 10.9 Å². The molecule has 3 rings (SSSR count). The Bertz CT molecular complexity index is 617. The molecule has 0 bridgehead atoms. The molecule has 0 atom stereocenters. The van der Waals surface area contributed by atoms with Crippen LogP contribution < -0.4 is 0 Å². The lowest BCUT2D eigenvalue weighted by Gasteiger charge is -2.24. The number of para-hydroxylation sites is 1. The monoisotopic (exact) mass is 269 g/mol. The Morgan fingerprint density at radius 2 is 2.00 bits per heavy atom. The second kappa shape index (κ2) is 5.43. The van der Waals surface area contributed by atoms with Crippen molar-refractivity contribution in [3.8, 4) is 0 Å². The van der Waals surface area contributed by atoms with Gasteiger partial charge in [0.15, 0.2) is 5.78 Å². The standard InChI is InChI=1S/C18H23NO/c1-3-13-5-4-6-15-16(11-19-17(13)15)18(20)14-9-7-12(2)8-10-14/h4-6,11-12,14,19H,3,7-10H2,1-2H3. The second-order valence-electron chi connectivity index (χ2n) is 6.22. The summed E-state index contributed by atoms with van der Waals surface area (Å²) in [4.78, 5) is 16.1. The van der Waals surface area contributed by atoms with E-state index >= 15 is 0 Å². The number of aryl methyl sites for hydroxylation is 1. The van der Waals surface area contributed by atoms with Crippen LogP contribution in [-0.4, -0.2) is 10.8 Å². The number of nitrogens with one attached hydrogen (secondary N) is 1. The van der Waals surface area contributed by atoms with Gasteiger partial charge in [-0.1, -0.05) is 44.9 Å². The number of rotatable bonds is 3. The van der Waals surface area contributed by atoms with Gasteiger partial charge in [-0.3, -0.25) is 4.79 Å². The number of benzene rings is 1. The molecule has 1 aliphatic rings. The molecule has 0 spiro atoms. The van der Waals surface area contributed by atoms with Gasteiger partial charge < -0.3 is 4.98 Å². The number of Topliss-reactive ketones (excluding diaryl/α,β-unsaturated/α-hetero) is 1.